The molecule has 1 aromatic carbocycles. The van der Waals surface area contributed by atoms with Gasteiger partial charge in [-0.3, -0.25) is 4.79 Å². The molecule has 0 unspecified atom stereocenters. The molecule has 0 aromatic heterocycles. The number of likely N-dealkylation sites (N-methyl/N-ethyl adjacent to an activating group) is 1. The second-order valence-electron chi connectivity index (χ2n) is 5.47. The van der Waals surface area contributed by atoms with Gasteiger partial charge in [0.15, 0.2) is 6.61 Å². The van der Waals surface area contributed by atoms with Crippen molar-refractivity contribution in [1.82, 2.24) is 9.80 Å². The number of nitrogens with zero attached hydrogens (tertiary/aromatic N) is 2. The molecule has 0 radical (unpaired) electrons. The van der Waals surface area contributed by atoms with Crippen molar-refractivity contribution in [3.05, 3.63) is 29.8 Å². The second kappa shape index (κ2) is 7.29. The van der Waals surface area contributed by atoms with E-state index < -0.39 is 0 Å². The first-order chi connectivity index (χ1) is 9.65. The van der Waals surface area contributed by atoms with Gasteiger partial charge in [-0.15, -0.1) is 0 Å². The fourth-order valence-corrected chi connectivity index (χ4v) is 2.38. The Balaban J connectivity index is 1.70. The van der Waals surface area contributed by atoms with E-state index in [-0.39, 0.29) is 12.5 Å². The van der Waals surface area contributed by atoms with E-state index >= 15 is 0 Å². The number of carbonyl (C=O) groups is 1. The van der Waals surface area contributed by atoms with Gasteiger partial charge in [-0.05, 0) is 50.6 Å². The molecule has 0 spiro atoms. The zero-order valence-corrected chi connectivity index (χ0v) is 12.5. The van der Waals surface area contributed by atoms with Crippen molar-refractivity contribution >= 4 is 5.91 Å². The summed E-state index contributed by atoms with van der Waals surface area (Å²) in [7, 11) is 1.85. The molecule has 0 saturated carbocycles. The van der Waals surface area contributed by atoms with Crippen LogP contribution in [0.4, 0.5) is 0 Å². The monoisotopic (exact) mass is 276 g/mol. The third kappa shape index (κ3) is 4.53. The maximum Gasteiger partial charge on any atom is 0.260 e. The van der Waals surface area contributed by atoms with Crippen LogP contribution in [0.2, 0.25) is 0 Å². The highest BCUT2D eigenvalue weighted by atomic mass is 16.5. The SMILES string of the molecule is Cc1cccc(OCC(=O)N(C)CCN2CCCC2)c1. The van der Waals surface area contributed by atoms with E-state index in [0.717, 1.165) is 24.4 Å². The van der Waals surface area contributed by atoms with Crippen molar-refractivity contribution in [3.63, 3.8) is 0 Å². The van der Waals surface area contributed by atoms with E-state index in [2.05, 4.69) is 4.90 Å². The topological polar surface area (TPSA) is 32.8 Å². The minimum Gasteiger partial charge on any atom is -0.484 e. The van der Waals surface area contributed by atoms with Crippen molar-refractivity contribution in [2.24, 2.45) is 0 Å². The summed E-state index contributed by atoms with van der Waals surface area (Å²) in [5.74, 6) is 0.789. The first-order valence-corrected chi connectivity index (χ1v) is 7.31. The fourth-order valence-electron chi connectivity index (χ4n) is 2.38. The second-order valence-corrected chi connectivity index (χ2v) is 5.47. The molecule has 2 rings (SSSR count). The van der Waals surface area contributed by atoms with Crippen molar-refractivity contribution in [2.75, 3.05) is 39.8 Å². The molecule has 0 atom stereocenters. The lowest BCUT2D eigenvalue weighted by Gasteiger charge is -2.21. The number of likely N-dealkylation sites (tertiary alicyclic amines) is 1. The summed E-state index contributed by atoms with van der Waals surface area (Å²) < 4.78 is 5.54. The van der Waals surface area contributed by atoms with Crippen molar-refractivity contribution in [2.45, 2.75) is 19.8 Å². The number of hydrogen-bond donors (Lipinski definition) is 0. The number of ether oxygens (including phenoxy) is 1. The number of rotatable bonds is 6. The lowest BCUT2D eigenvalue weighted by molar-refractivity contribution is -0.132. The zero-order chi connectivity index (χ0) is 14.4. The smallest absolute Gasteiger partial charge is 0.260 e. The van der Waals surface area contributed by atoms with Gasteiger partial charge in [0.1, 0.15) is 5.75 Å². The Morgan fingerprint density at radius 3 is 2.80 bits per heavy atom. The predicted molar refractivity (Wildman–Crippen MR) is 80.0 cm³/mol. The van der Waals surface area contributed by atoms with Crippen LogP contribution in [0.5, 0.6) is 5.75 Å². The van der Waals surface area contributed by atoms with Gasteiger partial charge in [-0.2, -0.15) is 0 Å². The molecular weight excluding hydrogens is 252 g/mol. The van der Waals surface area contributed by atoms with Crippen molar-refractivity contribution in [1.29, 1.82) is 0 Å². The lowest BCUT2D eigenvalue weighted by atomic mass is 10.2. The molecule has 0 bridgehead atoms. The summed E-state index contributed by atoms with van der Waals surface area (Å²) in [6, 6.07) is 7.77. The molecule has 1 heterocycles. The maximum absolute atomic E-state index is 12.0. The molecule has 4 heteroatoms. The molecule has 0 aliphatic carbocycles. The molecule has 20 heavy (non-hydrogen) atoms. The van der Waals surface area contributed by atoms with Gasteiger partial charge in [0.2, 0.25) is 0 Å². The summed E-state index contributed by atoms with van der Waals surface area (Å²) in [6.07, 6.45) is 2.57. The average Bonchev–Trinajstić information content (AvgIpc) is 2.95. The van der Waals surface area contributed by atoms with E-state index in [1.165, 1.54) is 25.9 Å². The minimum absolute atomic E-state index is 0.0331. The highest BCUT2D eigenvalue weighted by Gasteiger charge is 2.14. The maximum atomic E-state index is 12.0. The van der Waals surface area contributed by atoms with E-state index in [4.69, 9.17) is 4.74 Å². The van der Waals surface area contributed by atoms with E-state index in [0.29, 0.717) is 0 Å². The third-order valence-electron chi connectivity index (χ3n) is 3.73. The Kier molecular flexibility index (Phi) is 5.41. The van der Waals surface area contributed by atoms with Gasteiger partial charge < -0.3 is 14.5 Å². The fraction of sp³-hybridized carbons (Fsp3) is 0.562. The van der Waals surface area contributed by atoms with Crippen molar-refractivity contribution < 1.29 is 9.53 Å². The number of hydrogen-bond acceptors (Lipinski definition) is 3. The van der Waals surface area contributed by atoms with Crippen LogP contribution >= 0.6 is 0 Å². The highest BCUT2D eigenvalue weighted by Crippen LogP contribution is 2.12. The Bertz CT molecular complexity index is 442. The van der Waals surface area contributed by atoms with Crippen LogP contribution in [0.3, 0.4) is 0 Å². The largest absolute Gasteiger partial charge is 0.484 e. The molecule has 110 valence electrons. The van der Waals surface area contributed by atoms with Gasteiger partial charge in [0.05, 0.1) is 0 Å². The summed E-state index contributed by atoms with van der Waals surface area (Å²) >= 11 is 0. The number of aryl methyl sites for hydroxylation is 1. The van der Waals surface area contributed by atoms with E-state index in [9.17, 15) is 4.79 Å². The molecule has 1 saturated heterocycles. The molecule has 0 N–H and O–H groups in total. The van der Waals surface area contributed by atoms with Crippen LogP contribution in [-0.4, -0.2) is 55.5 Å². The summed E-state index contributed by atoms with van der Waals surface area (Å²) in [5, 5.41) is 0. The zero-order valence-electron chi connectivity index (χ0n) is 12.5. The van der Waals surface area contributed by atoms with Gasteiger partial charge >= 0.3 is 0 Å². The minimum atomic E-state index is 0.0331. The quantitative estimate of drug-likeness (QED) is 0.796. The molecule has 1 aromatic rings. The number of benzene rings is 1. The highest BCUT2D eigenvalue weighted by molar-refractivity contribution is 5.77. The first-order valence-electron chi connectivity index (χ1n) is 7.31. The Morgan fingerprint density at radius 1 is 1.35 bits per heavy atom. The standard InChI is InChI=1S/C16H24N2O2/c1-14-6-5-7-15(12-14)20-13-16(19)17(2)10-11-18-8-3-4-9-18/h5-7,12H,3-4,8-11,13H2,1-2H3. The van der Waals surface area contributed by atoms with Crippen LogP contribution in [0.25, 0.3) is 0 Å². The summed E-state index contributed by atoms with van der Waals surface area (Å²) in [6.45, 7) is 6.20. The van der Waals surface area contributed by atoms with Crippen LogP contribution in [0, 0.1) is 6.92 Å². The summed E-state index contributed by atoms with van der Waals surface area (Å²) in [5.41, 5.74) is 1.14. The molecule has 1 aliphatic rings. The molecule has 1 aliphatic heterocycles. The molecule has 4 nitrogen and oxygen atoms in total. The number of amides is 1. The van der Waals surface area contributed by atoms with Crippen LogP contribution in [0.1, 0.15) is 18.4 Å². The van der Waals surface area contributed by atoms with Crippen LogP contribution in [-0.2, 0) is 4.79 Å². The normalized spacial score (nSPS) is 15.3. The molecular formula is C16H24N2O2. The van der Waals surface area contributed by atoms with Gasteiger partial charge in [-0.25, -0.2) is 0 Å². The lowest BCUT2D eigenvalue weighted by Crippen LogP contribution is -2.37. The average molecular weight is 276 g/mol. The van der Waals surface area contributed by atoms with E-state index in [1.54, 1.807) is 4.90 Å². The van der Waals surface area contributed by atoms with Gasteiger partial charge in [0, 0.05) is 20.1 Å². The summed E-state index contributed by atoms with van der Waals surface area (Å²) in [4.78, 5) is 16.2. The number of carbonyl (C=O) groups excluding carboxylic acids is 1. The Labute approximate surface area is 121 Å². The van der Waals surface area contributed by atoms with E-state index in [1.807, 2.05) is 38.2 Å². The van der Waals surface area contributed by atoms with Crippen LogP contribution < -0.4 is 4.74 Å². The Morgan fingerprint density at radius 2 is 2.10 bits per heavy atom. The molecule has 1 fully saturated rings. The third-order valence-corrected chi connectivity index (χ3v) is 3.73. The first kappa shape index (κ1) is 14.9. The van der Waals surface area contributed by atoms with Gasteiger partial charge in [0.25, 0.3) is 5.91 Å². The van der Waals surface area contributed by atoms with Crippen LogP contribution in [0.15, 0.2) is 24.3 Å². The van der Waals surface area contributed by atoms with Gasteiger partial charge in [-0.1, -0.05) is 12.1 Å². The Hall–Kier alpha value is -1.55. The molecule has 1 amide bonds. The van der Waals surface area contributed by atoms with Crippen molar-refractivity contribution in [3.8, 4) is 5.75 Å². The predicted octanol–water partition coefficient (Wildman–Crippen LogP) is 1.93.